The van der Waals surface area contributed by atoms with Crippen LogP contribution in [0, 0.1) is 11.7 Å². The number of piperidine rings is 1. The summed E-state index contributed by atoms with van der Waals surface area (Å²) in [6.07, 6.45) is 2.19. The number of benzene rings is 1. The molecule has 4 heteroatoms. The van der Waals surface area contributed by atoms with E-state index in [4.69, 9.17) is 4.74 Å². The van der Waals surface area contributed by atoms with E-state index < -0.39 is 0 Å². The smallest absolute Gasteiger partial charge is 0.131 e. The van der Waals surface area contributed by atoms with Crippen molar-refractivity contribution in [2.75, 3.05) is 26.8 Å². The Balaban J connectivity index is 1.99. The van der Waals surface area contributed by atoms with Gasteiger partial charge in [-0.15, -0.1) is 0 Å². The van der Waals surface area contributed by atoms with Crippen molar-refractivity contribution in [2.24, 2.45) is 5.92 Å². The quantitative estimate of drug-likeness (QED) is 0.910. The first-order valence-electron chi connectivity index (χ1n) is 6.83. The molecule has 106 valence electrons. The minimum atomic E-state index is -0.327. The third-order valence-corrected chi connectivity index (χ3v) is 4.03. The van der Waals surface area contributed by atoms with Crippen LogP contribution in [0.4, 0.5) is 4.39 Å². The van der Waals surface area contributed by atoms with Crippen LogP contribution < -0.4 is 0 Å². The number of hydrogen-bond donors (Lipinski definition) is 1. The predicted molar refractivity (Wildman–Crippen MR) is 72.7 cm³/mol. The van der Waals surface area contributed by atoms with Crippen LogP contribution in [-0.4, -0.2) is 36.8 Å². The number of methoxy groups -OCH3 is 1. The number of phenols is 1. The molecule has 1 fully saturated rings. The number of nitrogens with zero attached hydrogens (tertiary/aromatic N) is 1. The fourth-order valence-electron chi connectivity index (χ4n) is 2.79. The Labute approximate surface area is 114 Å². The summed E-state index contributed by atoms with van der Waals surface area (Å²) in [7, 11) is 1.74. The van der Waals surface area contributed by atoms with Crippen LogP contribution in [0.1, 0.15) is 31.4 Å². The molecule has 1 atom stereocenters. The second-order valence-corrected chi connectivity index (χ2v) is 5.32. The highest BCUT2D eigenvalue weighted by molar-refractivity contribution is 5.29. The van der Waals surface area contributed by atoms with Gasteiger partial charge in [0.05, 0.1) is 0 Å². The lowest BCUT2D eigenvalue weighted by Crippen LogP contribution is -2.37. The summed E-state index contributed by atoms with van der Waals surface area (Å²) in [5.41, 5.74) is 0.656. The number of hydrogen-bond acceptors (Lipinski definition) is 3. The van der Waals surface area contributed by atoms with Gasteiger partial charge in [-0.1, -0.05) is 6.07 Å². The third-order valence-electron chi connectivity index (χ3n) is 4.03. The molecule has 0 radical (unpaired) electrons. The van der Waals surface area contributed by atoms with Crippen LogP contribution in [0.3, 0.4) is 0 Å². The van der Waals surface area contributed by atoms with E-state index in [0.717, 1.165) is 32.5 Å². The maximum Gasteiger partial charge on any atom is 0.131 e. The molecule has 1 aromatic rings. The Kier molecular flexibility index (Phi) is 4.77. The third kappa shape index (κ3) is 3.45. The van der Waals surface area contributed by atoms with Crippen molar-refractivity contribution in [1.82, 2.24) is 4.90 Å². The molecule has 0 aliphatic carbocycles. The van der Waals surface area contributed by atoms with Gasteiger partial charge in [-0.2, -0.15) is 0 Å². The summed E-state index contributed by atoms with van der Waals surface area (Å²) < 4.78 is 19.0. The topological polar surface area (TPSA) is 32.7 Å². The van der Waals surface area contributed by atoms with Crippen molar-refractivity contribution in [3.05, 3.63) is 29.6 Å². The van der Waals surface area contributed by atoms with Gasteiger partial charge < -0.3 is 9.84 Å². The number of phenolic OH excluding ortho intramolecular Hbond substituents is 1. The van der Waals surface area contributed by atoms with E-state index in [0.29, 0.717) is 11.5 Å². The number of ether oxygens (including phenoxy) is 1. The zero-order valence-corrected chi connectivity index (χ0v) is 11.6. The average molecular weight is 267 g/mol. The molecule has 19 heavy (non-hydrogen) atoms. The molecule has 0 spiro atoms. The summed E-state index contributed by atoms with van der Waals surface area (Å²) in [5, 5.41) is 9.26. The lowest BCUT2D eigenvalue weighted by molar-refractivity contribution is 0.0825. The first-order valence-corrected chi connectivity index (χ1v) is 6.83. The molecule has 0 bridgehead atoms. The molecule has 1 aliphatic rings. The Morgan fingerprint density at radius 2 is 2.11 bits per heavy atom. The molecule has 1 aliphatic heterocycles. The minimum absolute atomic E-state index is 0.0211. The summed E-state index contributed by atoms with van der Waals surface area (Å²) >= 11 is 0. The molecule has 1 heterocycles. The van der Waals surface area contributed by atoms with Gasteiger partial charge in [0, 0.05) is 31.4 Å². The number of aromatic hydroxyl groups is 1. The molecular weight excluding hydrogens is 245 g/mol. The van der Waals surface area contributed by atoms with Crippen LogP contribution in [0.25, 0.3) is 0 Å². The maximum absolute atomic E-state index is 13.8. The van der Waals surface area contributed by atoms with Crippen molar-refractivity contribution in [1.29, 1.82) is 0 Å². The lowest BCUT2D eigenvalue weighted by atomic mass is 9.95. The minimum Gasteiger partial charge on any atom is -0.508 e. The van der Waals surface area contributed by atoms with Crippen molar-refractivity contribution >= 4 is 0 Å². The second-order valence-electron chi connectivity index (χ2n) is 5.32. The van der Waals surface area contributed by atoms with E-state index in [1.807, 2.05) is 6.92 Å². The van der Waals surface area contributed by atoms with Gasteiger partial charge in [-0.25, -0.2) is 4.39 Å². The van der Waals surface area contributed by atoms with Gasteiger partial charge in [0.15, 0.2) is 0 Å². The zero-order valence-electron chi connectivity index (χ0n) is 11.6. The van der Waals surface area contributed by atoms with E-state index in [1.54, 1.807) is 19.2 Å². The summed E-state index contributed by atoms with van der Waals surface area (Å²) in [5.74, 6) is 0.275. The molecule has 1 aromatic carbocycles. The monoisotopic (exact) mass is 267 g/mol. The lowest BCUT2D eigenvalue weighted by Gasteiger charge is -2.36. The molecule has 0 saturated carbocycles. The maximum atomic E-state index is 13.8. The standard InChI is InChI=1S/C15H22FNO2/c1-11(14-4-3-13(18)9-15(14)16)17-7-5-12(6-8-17)10-19-2/h3-4,9,11-12,18H,5-8,10H2,1-2H3. The Morgan fingerprint density at radius 3 is 2.68 bits per heavy atom. The number of rotatable bonds is 4. The summed E-state index contributed by atoms with van der Waals surface area (Å²) in [4.78, 5) is 2.29. The first-order chi connectivity index (χ1) is 9.11. The van der Waals surface area contributed by atoms with Crippen molar-refractivity contribution < 1.29 is 14.2 Å². The normalized spacial score (nSPS) is 19.5. The fourth-order valence-corrected chi connectivity index (χ4v) is 2.79. The molecule has 1 unspecified atom stereocenters. The van der Waals surface area contributed by atoms with Crippen molar-refractivity contribution in [3.63, 3.8) is 0 Å². The second kappa shape index (κ2) is 6.35. The van der Waals surface area contributed by atoms with Gasteiger partial charge in [0.25, 0.3) is 0 Å². The van der Waals surface area contributed by atoms with Crippen LogP contribution >= 0.6 is 0 Å². The van der Waals surface area contributed by atoms with Crippen LogP contribution in [-0.2, 0) is 4.74 Å². The fraction of sp³-hybridized carbons (Fsp3) is 0.600. The van der Waals surface area contributed by atoms with Gasteiger partial charge in [0.2, 0.25) is 0 Å². The van der Waals surface area contributed by atoms with E-state index in [9.17, 15) is 9.50 Å². The van der Waals surface area contributed by atoms with Crippen molar-refractivity contribution in [3.8, 4) is 5.75 Å². The molecule has 1 saturated heterocycles. The highest BCUT2D eigenvalue weighted by atomic mass is 19.1. The van der Waals surface area contributed by atoms with Gasteiger partial charge >= 0.3 is 0 Å². The molecule has 2 rings (SSSR count). The van der Waals surface area contributed by atoms with Crippen LogP contribution in [0.15, 0.2) is 18.2 Å². The molecular formula is C15H22FNO2. The van der Waals surface area contributed by atoms with Crippen LogP contribution in [0.2, 0.25) is 0 Å². The summed E-state index contributed by atoms with van der Waals surface area (Å²) in [6, 6.07) is 4.45. The summed E-state index contributed by atoms with van der Waals surface area (Å²) in [6.45, 7) is 4.77. The molecule has 3 nitrogen and oxygen atoms in total. The van der Waals surface area contributed by atoms with Gasteiger partial charge in [-0.3, -0.25) is 4.90 Å². The van der Waals surface area contributed by atoms with Crippen molar-refractivity contribution in [2.45, 2.75) is 25.8 Å². The average Bonchev–Trinajstić information content (AvgIpc) is 2.39. The Bertz CT molecular complexity index is 417. The van der Waals surface area contributed by atoms with E-state index in [2.05, 4.69) is 4.90 Å². The van der Waals surface area contributed by atoms with Gasteiger partial charge in [-0.05, 0) is 44.8 Å². The molecule has 0 aromatic heterocycles. The first kappa shape index (κ1) is 14.3. The molecule has 1 N–H and O–H groups in total. The SMILES string of the molecule is COCC1CCN(C(C)c2ccc(O)cc2F)CC1. The Hall–Kier alpha value is -1.13. The number of halogens is 1. The predicted octanol–water partition coefficient (Wildman–Crippen LogP) is 2.95. The highest BCUT2D eigenvalue weighted by Gasteiger charge is 2.24. The van der Waals surface area contributed by atoms with E-state index in [-0.39, 0.29) is 17.6 Å². The molecule has 0 amide bonds. The zero-order chi connectivity index (χ0) is 13.8. The van der Waals surface area contributed by atoms with E-state index in [1.165, 1.54) is 6.07 Å². The van der Waals surface area contributed by atoms with E-state index >= 15 is 0 Å². The number of likely N-dealkylation sites (tertiary alicyclic amines) is 1. The van der Waals surface area contributed by atoms with Crippen LogP contribution in [0.5, 0.6) is 5.75 Å². The largest absolute Gasteiger partial charge is 0.508 e. The van der Waals surface area contributed by atoms with Gasteiger partial charge in [0.1, 0.15) is 11.6 Å². The Morgan fingerprint density at radius 1 is 1.42 bits per heavy atom. The highest BCUT2D eigenvalue weighted by Crippen LogP contribution is 2.29.